The average molecular weight is 338 g/mol. The number of hydrogen-bond acceptors (Lipinski definition) is 6. The Kier molecular flexibility index (Phi) is 6.58. The van der Waals surface area contributed by atoms with Gasteiger partial charge in [-0.2, -0.15) is 0 Å². The van der Waals surface area contributed by atoms with Gasteiger partial charge in [0.1, 0.15) is 24.7 Å². The molecule has 0 fully saturated rings. The van der Waals surface area contributed by atoms with Crippen molar-refractivity contribution in [3.8, 4) is 11.6 Å². The topological polar surface area (TPSA) is 76.5 Å². The zero-order valence-corrected chi connectivity index (χ0v) is 13.8. The van der Waals surface area contributed by atoms with Crippen molar-refractivity contribution in [3.05, 3.63) is 47.1 Å². The molecular formula is C16H20ClN3O3. The van der Waals surface area contributed by atoms with Crippen molar-refractivity contribution in [2.75, 3.05) is 13.2 Å². The molecule has 0 spiro atoms. The van der Waals surface area contributed by atoms with Crippen LogP contribution in [0.25, 0.3) is 0 Å². The van der Waals surface area contributed by atoms with Crippen LogP contribution in [0.5, 0.6) is 11.6 Å². The molecule has 0 aliphatic carbocycles. The molecular weight excluding hydrogens is 318 g/mol. The molecule has 2 atom stereocenters. The second-order valence-electron chi connectivity index (χ2n) is 5.09. The first-order valence-corrected chi connectivity index (χ1v) is 7.68. The lowest BCUT2D eigenvalue weighted by Crippen LogP contribution is -2.39. The van der Waals surface area contributed by atoms with Gasteiger partial charge < -0.3 is 14.6 Å². The standard InChI is InChI=1S/C16H20ClN3O3/c1-11-5-3-4-6-14(11)22-10-13(21)9-18-12(2)23-16-8-7-15(17)19-20-16/h3-8,12-13,18,21H,9-10H2,1-2H3. The van der Waals surface area contributed by atoms with Crippen molar-refractivity contribution in [1.29, 1.82) is 0 Å². The number of aryl methyl sites for hydroxylation is 1. The molecule has 7 heteroatoms. The predicted octanol–water partition coefficient (Wildman–Crippen LogP) is 2.19. The van der Waals surface area contributed by atoms with Crippen molar-refractivity contribution in [2.24, 2.45) is 0 Å². The largest absolute Gasteiger partial charge is 0.491 e. The zero-order valence-electron chi connectivity index (χ0n) is 13.1. The van der Waals surface area contributed by atoms with Crippen LogP contribution in [0.3, 0.4) is 0 Å². The molecule has 2 N–H and O–H groups in total. The molecule has 2 rings (SSSR count). The van der Waals surface area contributed by atoms with E-state index in [0.717, 1.165) is 11.3 Å². The third-order valence-electron chi connectivity index (χ3n) is 3.07. The summed E-state index contributed by atoms with van der Waals surface area (Å²) in [5.41, 5.74) is 1.03. The number of aromatic nitrogens is 2. The Morgan fingerprint density at radius 3 is 2.70 bits per heavy atom. The maximum atomic E-state index is 9.96. The fourth-order valence-corrected chi connectivity index (χ4v) is 1.96. The number of para-hydroxylation sites is 1. The fourth-order valence-electron chi connectivity index (χ4n) is 1.85. The number of halogens is 1. The van der Waals surface area contributed by atoms with Crippen LogP contribution in [-0.2, 0) is 0 Å². The van der Waals surface area contributed by atoms with Crippen molar-refractivity contribution >= 4 is 11.6 Å². The number of aliphatic hydroxyl groups is 1. The summed E-state index contributed by atoms with van der Waals surface area (Å²) in [5.74, 6) is 1.13. The lowest BCUT2D eigenvalue weighted by molar-refractivity contribution is 0.0851. The molecule has 2 unspecified atom stereocenters. The maximum Gasteiger partial charge on any atom is 0.235 e. The minimum atomic E-state index is -0.656. The Bertz CT molecular complexity index is 610. The molecule has 1 aromatic heterocycles. The van der Waals surface area contributed by atoms with Gasteiger partial charge in [-0.1, -0.05) is 29.8 Å². The first-order chi connectivity index (χ1) is 11.0. The fraction of sp³-hybridized carbons (Fsp3) is 0.375. The van der Waals surface area contributed by atoms with Crippen molar-refractivity contribution in [3.63, 3.8) is 0 Å². The lowest BCUT2D eigenvalue weighted by Gasteiger charge is -2.18. The first-order valence-electron chi connectivity index (χ1n) is 7.30. The van der Waals surface area contributed by atoms with E-state index in [-0.39, 0.29) is 12.8 Å². The second kappa shape index (κ2) is 8.67. The minimum absolute atomic E-state index is 0.200. The lowest BCUT2D eigenvalue weighted by atomic mass is 10.2. The number of ether oxygens (including phenoxy) is 2. The summed E-state index contributed by atoms with van der Waals surface area (Å²) in [6.45, 7) is 4.30. The van der Waals surface area contributed by atoms with Crippen LogP contribution in [0, 0.1) is 6.92 Å². The van der Waals surface area contributed by atoms with Crippen LogP contribution in [0.15, 0.2) is 36.4 Å². The molecule has 124 valence electrons. The maximum absolute atomic E-state index is 9.96. The van der Waals surface area contributed by atoms with E-state index in [1.54, 1.807) is 12.1 Å². The highest BCUT2D eigenvalue weighted by Gasteiger charge is 2.10. The first kappa shape index (κ1) is 17.5. The molecule has 1 heterocycles. The molecule has 1 aromatic carbocycles. The molecule has 0 saturated heterocycles. The van der Waals surface area contributed by atoms with E-state index >= 15 is 0 Å². The van der Waals surface area contributed by atoms with E-state index in [9.17, 15) is 5.11 Å². The monoisotopic (exact) mass is 337 g/mol. The Morgan fingerprint density at radius 2 is 2.00 bits per heavy atom. The van der Waals surface area contributed by atoms with Gasteiger partial charge in [-0.05, 0) is 31.5 Å². The summed E-state index contributed by atoms with van der Waals surface area (Å²) < 4.78 is 11.1. The van der Waals surface area contributed by atoms with Gasteiger partial charge in [-0.25, -0.2) is 0 Å². The number of hydrogen-bond donors (Lipinski definition) is 2. The van der Waals surface area contributed by atoms with E-state index < -0.39 is 6.10 Å². The number of benzene rings is 1. The SMILES string of the molecule is Cc1ccccc1OCC(O)CNC(C)Oc1ccc(Cl)nn1. The molecule has 0 aliphatic rings. The smallest absolute Gasteiger partial charge is 0.235 e. The number of nitrogens with one attached hydrogen (secondary N) is 1. The Morgan fingerprint density at radius 1 is 1.22 bits per heavy atom. The van der Waals surface area contributed by atoms with Crippen LogP contribution in [0.2, 0.25) is 5.15 Å². The molecule has 0 aliphatic heterocycles. The molecule has 0 amide bonds. The van der Waals surface area contributed by atoms with Gasteiger partial charge in [-0.15, -0.1) is 10.2 Å². The van der Waals surface area contributed by atoms with Crippen LogP contribution in [0.4, 0.5) is 0 Å². The molecule has 6 nitrogen and oxygen atoms in total. The molecule has 0 bridgehead atoms. The van der Waals surface area contributed by atoms with E-state index in [4.69, 9.17) is 21.1 Å². The third kappa shape index (κ3) is 6.02. The van der Waals surface area contributed by atoms with E-state index in [0.29, 0.717) is 17.6 Å². The number of aliphatic hydroxyl groups excluding tert-OH is 1. The average Bonchev–Trinajstić information content (AvgIpc) is 2.54. The highest BCUT2D eigenvalue weighted by molar-refractivity contribution is 6.29. The Balaban J connectivity index is 1.70. The van der Waals surface area contributed by atoms with Crippen LogP contribution < -0.4 is 14.8 Å². The molecule has 0 radical (unpaired) electrons. The Labute approximate surface area is 140 Å². The van der Waals surface area contributed by atoms with Crippen LogP contribution in [0.1, 0.15) is 12.5 Å². The van der Waals surface area contributed by atoms with Crippen molar-refractivity contribution in [2.45, 2.75) is 26.2 Å². The summed E-state index contributed by atoms with van der Waals surface area (Å²) in [6, 6.07) is 10.9. The highest BCUT2D eigenvalue weighted by Crippen LogP contribution is 2.16. The van der Waals surface area contributed by atoms with Gasteiger partial charge in [0.15, 0.2) is 5.15 Å². The summed E-state index contributed by atoms with van der Waals surface area (Å²) in [6.07, 6.45) is -0.990. The van der Waals surface area contributed by atoms with Crippen molar-refractivity contribution in [1.82, 2.24) is 15.5 Å². The number of nitrogens with zero attached hydrogens (tertiary/aromatic N) is 2. The van der Waals surface area contributed by atoms with Crippen LogP contribution in [-0.4, -0.2) is 40.8 Å². The minimum Gasteiger partial charge on any atom is -0.491 e. The summed E-state index contributed by atoms with van der Waals surface area (Å²) in [5, 5.41) is 20.8. The van der Waals surface area contributed by atoms with Gasteiger partial charge in [0.05, 0.1) is 0 Å². The van der Waals surface area contributed by atoms with Gasteiger partial charge in [0.2, 0.25) is 5.88 Å². The quantitative estimate of drug-likeness (QED) is 0.719. The second-order valence-corrected chi connectivity index (χ2v) is 5.48. The predicted molar refractivity (Wildman–Crippen MR) is 87.8 cm³/mol. The van der Waals surface area contributed by atoms with Gasteiger partial charge >= 0.3 is 0 Å². The van der Waals surface area contributed by atoms with Gasteiger partial charge in [-0.3, -0.25) is 5.32 Å². The molecule has 23 heavy (non-hydrogen) atoms. The highest BCUT2D eigenvalue weighted by atomic mass is 35.5. The summed E-state index contributed by atoms with van der Waals surface area (Å²) in [7, 11) is 0. The Hall–Kier alpha value is -1.89. The van der Waals surface area contributed by atoms with Gasteiger partial charge in [0.25, 0.3) is 0 Å². The van der Waals surface area contributed by atoms with Gasteiger partial charge in [0, 0.05) is 12.6 Å². The zero-order chi connectivity index (χ0) is 16.7. The third-order valence-corrected chi connectivity index (χ3v) is 3.27. The molecule has 2 aromatic rings. The van der Waals surface area contributed by atoms with E-state index in [1.165, 1.54) is 0 Å². The van der Waals surface area contributed by atoms with E-state index in [1.807, 2.05) is 38.1 Å². The summed E-state index contributed by atoms with van der Waals surface area (Å²) >= 11 is 5.66. The summed E-state index contributed by atoms with van der Waals surface area (Å²) in [4.78, 5) is 0. The van der Waals surface area contributed by atoms with Crippen LogP contribution >= 0.6 is 11.6 Å². The molecule has 0 saturated carbocycles. The van der Waals surface area contributed by atoms with E-state index in [2.05, 4.69) is 15.5 Å². The normalized spacial score (nSPS) is 13.4. The van der Waals surface area contributed by atoms with Crippen molar-refractivity contribution < 1.29 is 14.6 Å². The number of rotatable bonds is 8.